The number of carbonyl (C=O) groups excluding carboxylic acids is 2. The fourth-order valence-electron chi connectivity index (χ4n) is 4.14. The molecule has 1 aromatic rings. The minimum Gasteiger partial charge on any atom is -0.342 e. The van der Waals surface area contributed by atoms with Crippen LogP contribution in [0.5, 0.6) is 0 Å². The van der Waals surface area contributed by atoms with Crippen molar-refractivity contribution in [2.75, 3.05) is 19.6 Å². The van der Waals surface area contributed by atoms with Crippen LogP contribution in [0.3, 0.4) is 0 Å². The fraction of sp³-hybridized carbons (Fsp3) is 0.700. The second-order valence-electron chi connectivity index (χ2n) is 8.32. The SMILES string of the molecule is CCC1c2ccsc2CCN1C(=O)C1CCN(C(=O)C(C)(C)C)CC1. The van der Waals surface area contributed by atoms with Gasteiger partial charge < -0.3 is 9.80 Å². The molecule has 4 nitrogen and oxygen atoms in total. The van der Waals surface area contributed by atoms with E-state index in [4.69, 9.17) is 0 Å². The molecule has 138 valence electrons. The molecule has 2 amide bonds. The maximum Gasteiger partial charge on any atom is 0.227 e. The lowest BCUT2D eigenvalue weighted by molar-refractivity contribution is -0.146. The normalized spacial score (nSPS) is 22.0. The Hall–Kier alpha value is -1.36. The van der Waals surface area contributed by atoms with Crippen LogP contribution in [0.25, 0.3) is 0 Å². The van der Waals surface area contributed by atoms with E-state index in [2.05, 4.69) is 23.3 Å². The van der Waals surface area contributed by atoms with Crippen molar-refractivity contribution >= 4 is 23.2 Å². The number of piperidine rings is 1. The van der Waals surface area contributed by atoms with Crippen LogP contribution in [0, 0.1) is 11.3 Å². The van der Waals surface area contributed by atoms with Gasteiger partial charge in [-0.15, -0.1) is 11.3 Å². The lowest BCUT2D eigenvalue weighted by Crippen LogP contribution is -2.48. The molecule has 0 aliphatic carbocycles. The number of nitrogens with zero attached hydrogens (tertiary/aromatic N) is 2. The summed E-state index contributed by atoms with van der Waals surface area (Å²) in [6, 6.07) is 2.43. The third-order valence-electron chi connectivity index (χ3n) is 5.54. The van der Waals surface area contributed by atoms with E-state index >= 15 is 0 Å². The van der Waals surface area contributed by atoms with E-state index < -0.39 is 0 Å². The molecule has 2 aliphatic heterocycles. The van der Waals surface area contributed by atoms with Crippen molar-refractivity contribution in [3.05, 3.63) is 21.9 Å². The Morgan fingerprint density at radius 2 is 1.88 bits per heavy atom. The lowest BCUT2D eigenvalue weighted by Gasteiger charge is -2.40. The molecule has 0 radical (unpaired) electrons. The molecule has 0 N–H and O–H groups in total. The van der Waals surface area contributed by atoms with Crippen molar-refractivity contribution < 1.29 is 9.59 Å². The highest BCUT2D eigenvalue weighted by Crippen LogP contribution is 2.37. The van der Waals surface area contributed by atoms with Crippen molar-refractivity contribution in [1.82, 2.24) is 9.80 Å². The molecule has 5 heteroatoms. The Bertz CT molecular complexity index is 638. The van der Waals surface area contributed by atoms with Gasteiger partial charge in [-0.3, -0.25) is 9.59 Å². The van der Waals surface area contributed by atoms with E-state index in [1.54, 1.807) is 0 Å². The number of carbonyl (C=O) groups is 2. The largest absolute Gasteiger partial charge is 0.342 e. The minimum absolute atomic E-state index is 0.0678. The molecule has 2 aliphatic rings. The Kier molecular flexibility index (Phi) is 5.24. The van der Waals surface area contributed by atoms with Gasteiger partial charge in [-0.25, -0.2) is 0 Å². The summed E-state index contributed by atoms with van der Waals surface area (Å²) in [7, 11) is 0. The van der Waals surface area contributed by atoms with Crippen molar-refractivity contribution in [3.8, 4) is 0 Å². The molecular weight excluding hydrogens is 332 g/mol. The summed E-state index contributed by atoms with van der Waals surface area (Å²) < 4.78 is 0. The van der Waals surface area contributed by atoms with E-state index in [0.717, 1.165) is 32.2 Å². The second-order valence-corrected chi connectivity index (χ2v) is 9.32. The molecule has 0 spiro atoms. The summed E-state index contributed by atoms with van der Waals surface area (Å²) >= 11 is 1.82. The van der Waals surface area contributed by atoms with Gasteiger partial charge in [0.15, 0.2) is 0 Å². The Labute approximate surface area is 155 Å². The number of hydrogen-bond acceptors (Lipinski definition) is 3. The second kappa shape index (κ2) is 7.10. The smallest absolute Gasteiger partial charge is 0.227 e. The van der Waals surface area contributed by atoms with Crippen LogP contribution in [0.2, 0.25) is 0 Å². The zero-order valence-electron chi connectivity index (χ0n) is 15.9. The molecule has 1 fully saturated rings. The molecule has 0 aromatic carbocycles. The van der Waals surface area contributed by atoms with Gasteiger partial charge >= 0.3 is 0 Å². The van der Waals surface area contributed by atoms with E-state index in [0.29, 0.717) is 19.0 Å². The number of fused-ring (bicyclic) bond motifs is 1. The van der Waals surface area contributed by atoms with Crippen molar-refractivity contribution in [2.45, 2.75) is 59.4 Å². The molecule has 3 rings (SSSR count). The summed E-state index contributed by atoms with van der Waals surface area (Å²) in [5, 5.41) is 2.15. The van der Waals surface area contributed by atoms with Gasteiger partial charge in [0.2, 0.25) is 11.8 Å². The maximum absolute atomic E-state index is 13.2. The zero-order valence-corrected chi connectivity index (χ0v) is 16.7. The van der Waals surface area contributed by atoms with Gasteiger partial charge in [0.25, 0.3) is 0 Å². The predicted molar refractivity (Wildman–Crippen MR) is 102 cm³/mol. The standard InChI is InChI=1S/C20H30N2O2S/c1-5-16-15-9-13-25-17(15)8-12-22(16)18(23)14-6-10-21(11-7-14)19(24)20(2,3)4/h9,13-14,16H,5-8,10-12H2,1-4H3. The minimum atomic E-state index is -0.341. The Morgan fingerprint density at radius 3 is 2.48 bits per heavy atom. The molecule has 1 atom stereocenters. The van der Waals surface area contributed by atoms with E-state index in [9.17, 15) is 9.59 Å². The highest BCUT2D eigenvalue weighted by Gasteiger charge is 2.37. The van der Waals surface area contributed by atoms with Crippen LogP contribution in [0.4, 0.5) is 0 Å². The van der Waals surface area contributed by atoms with Crippen molar-refractivity contribution in [1.29, 1.82) is 0 Å². The van der Waals surface area contributed by atoms with E-state index in [1.165, 1.54) is 10.4 Å². The molecule has 0 bridgehead atoms. The number of hydrogen-bond donors (Lipinski definition) is 0. The number of likely N-dealkylation sites (tertiary alicyclic amines) is 1. The third-order valence-corrected chi connectivity index (χ3v) is 6.53. The van der Waals surface area contributed by atoms with Crippen molar-refractivity contribution in [2.24, 2.45) is 11.3 Å². The summed E-state index contributed by atoms with van der Waals surface area (Å²) in [4.78, 5) is 31.1. The summed E-state index contributed by atoms with van der Waals surface area (Å²) in [5.74, 6) is 0.565. The monoisotopic (exact) mass is 362 g/mol. The van der Waals surface area contributed by atoms with Crippen LogP contribution < -0.4 is 0 Å². The lowest BCUT2D eigenvalue weighted by atomic mass is 9.89. The number of amides is 2. The molecule has 1 aromatic heterocycles. The molecule has 1 saturated heterocycles. The highest BCUT2D eigenvalue weighted by molar-refractivity contribution is 7.10. The molecule has 3 heterocycles. The average Bonchev–Trinajstić information content (AvgIpc) is 3.07. The third kappa shape index (κ3) is 3.62. The summed E-state index contributed by atoms with van der Waals surface area (Å²) in [5.41, 5.74) is 1.01. The first-order valence-corrected chi connectivity index (χ1v) is 10.4. The first kappa shape index (κ1) is 18.4. The van der Waals surface area contributed by atoms with E-state index in [-0.39, 0.29) is 23.3 Å². The van der Waals surface area contributed by atoms with Crippen LogP contribution in [-0.4, -0.2) is 41.2 Å². The zero-order chi connectivity index (χ0) is 18.2. The molecule has 1 unspecified atom stereocenters. The topological polar surface area (TPSA) is 40.6 Å². The highest BCUT2D eigenvalue weighted by atomic mass is 32.1. The first-order chi connectivity index (χ1) is 11.8. The van der Waals surface area contributed by atoms with Crippen molar-refractivity contribution in [3.63, 3.8) is 0 Å². The number of thiophene rings is 1. The quantitative estimate of drug-likeness (QED) is 0.801. The summed E-state index contributed by atoms with van der Waals surface area (Å²) in [6.07, 6.45) is 3.54. The van der Waals surface area contributed by atoms with Crippen LogP contribution in [0.15, 0.2) is 11.4 Å². The van der Waals surface area contributed by atoms with Gasteiger partial charge in [0.1, 0.15) is 0 Å². The van der Waals surface area contributed by atoms with E-state index in [1.807, 2.05) is 37.0 Å². The molecule has 0 saturated carbocycles. The van der Waals surface area contributed by atoms with Gasteiger partial charge in [-0.05, 0) is 42.7 Å². The fourth-order valence-corrected chi connectivity index (χ4v) is 5.07. The Morgan fingerprint density at radius 1 is 1.20 bits per heavy atom. The summed E-state index contributed by atoms with van der Waals surface area (Å²) in [6.45, 7) is 10.3. The van der Waals surface area contributed by atoms with Gasteiger partial charge in [0.05, 0.1) is 6.04 Å². The number of rotatable bonds is 2. The van der Waals surface area contributed by atoms with Gasteiger partial charge in [-0.2, -0.15) is 0 Å². The maximum atomic E-state index is 13.2. The average molecular weight is 363 g/mol. The predicted octanol–water partition coefficient (Wildman–Crippen LogP) is 3.87. The van der Waals surface area contributed by atoms with Crippen LogP contribution in [-0.2, 0) is 16.0 Å². The van der Waals surface area contributed by atoms with Crippen LogP contribution >= 0.6 is 11.3 Å². The van der Waals surface area contributed by atoms with Gasteiger partial charge in [0, 0.05) is 35.8 Å². The molecule has 25 heavy (non-hydrogen) atoms. The van der Waals surface area contributed by atoms with Gasteiger partial charge in [-0.1, -0.05) is 27.7 Å². The molecular formula is C20H30N2O2S. The first-order valence-electron chi connectivity index (χ1n) is 9.49. The Balaban J connectivity index is 1.64. The van der Waals surface area contributed by atoms with Crippen LogP contribution in [0.1, 0.15) is 63.4 Å².